The summed E-state index contributed by atoms with van der Waals surface area (Å²) in [4.78, 5) is 2.48. The van der Waals surface area contributed by atoms with E-state index >= 15 is 0 Å². The van der Waals surface area contributed by atoms with Crippen LogP contribution < -0.4 is 0 Å². The van der Waals surface area contributed by atoms with E-state index in [2.05, 4.69) is 20.4 Å². The van der Waals surface area contributed by atoms with Gasteiger partial charge in [0.2, 0.25) is 0 Å². The van der Waals surface area contributed by atoms with Crippen LogP contribution in [0.15, 0.2) is 0 Å². The van der Waals surface area contributed by atoms with E-state index in [-0.39, 0.29) is 0 Å². The third-order valence-corrected chi connectivity index (χ3v) is 3.16. The maximum Gasteiger partial charge on any atom is 0.148 e. The second-order valence-corrected chi connectivity index (χ2v) is 4.46. The lowest BCUT2D eigenvalue weighted by atomic mass is 10.1. The first-order chi connectivity index (χ1) is 8.36. The van der Waals surface area contributed by atoms with Crippen molar-refractivity contribution in [3.05, 3.63) is 5.82 Å². The molecular formula is C11H21N5O. The number of ether oxygens (including phenoxy) is 1. The van der Waals surface area contributed by atoms with Gasteiger partial charge in [0.1, 0.15) is 5.82 Å². The number of nitrogens with zero attached hydrogens (tertiary/aromatic N) is 5. The summed E-state index contributed by atoms with van der Waals surface area (Å²) in [5.74, 6) is 0.838. The minimum atomic E-state index is 0.680. The molecule has 0 spiro atoms. The van der Waals surface area contributed by atoms with E-state index in [0.717, 1.165) is 25.5 Å². The molecule has 2 rings (SSSR count). The smallest absolute Gasteiger partial charge is 0.148 e. The lowest BCUT2D eigenvalue weighted by Crippen LogP contribution is -2.32. The van der Waals surface area contributed by atoms with Crippen LogP contribution in [0, 0.1) is 6.92 Å². The molecule has 1 saturated heterocycles. The van der Waals surface area contributed by atoms with E-state index in [0.29, 0.717) is 6.61 Å². The molecule has 96 valence electrons. The second kappa shape index (κ2) is 6.66. The zero-order chi connectivity index (χ0) is 11.9. The first-order valence-electron chi connectivity index (χ1n) is 6.39. The van der Waals surface area contributed by atoms with E-state index in [1.165, 1.54) is 32.4 Å². The minimum absolute atomic E-state index is 0.680. The van der Waals surface area contributed by atoms with Gasteiger partial charge in [-0.15, -0.1) is 5.10 Å². The molecular weight excluding hydrogens is 218 g/mol. The SMILES string of the molecule is Cc1nnnn1CCOCCN1CCCCC1. The van der Waals surface area contributed by atoms with E-state index < -0.39 is 0 Å². The highest BCUT2D eigenvalue weighted by Crippen LogP contribution is 2.07. The molecule has 1 fully saturated rings. The van der Waals surface area contributed by atoms with Crippen LogP contribution in [0.25, 0.3) is 0 Å². The Kier molecular flexibility index (Phi) is 4.88. The maximum absolute atomic E-state index is 5.61. The van der Waals surface area contributed by atoms with Crippen molar-refractivity contribution in [1.82, 2.24) is 25.1 Å². The highest BCUT2D eigenvalue weighted by Gasteiger charge is 2.09. The summed E-state index contributed by atoms with van der Waals surface area (Å²) in [6.07, 6.45) is 4.06. The van der Waals surface area contributed by atoms with Crippen molar-refractivity contribution in [3.63, 3.8) is 0 Å². The molecule has 0 N–H and O–H groups in total. The fourth-order valence-corrected chi connectivity index (χ4v) is 2.09. The van der Waals surface area contributed by atoms with E-state index in [9.17, 15) is 0 Å². The summed E-state index contributed by atoms with van der Waals surface area (Å²) in [7, 11) is 0. The van der Waals surface area contributed by atoms with E-state index in [4.69, 9.17) is 4.74 Å². The zero-order valence-electron chi connectivity index (χ0n) is 10.5. The number of tetrazole rings is 1. The lowest BCUT2D eigenvalue weighted by molar-refractivity contribution is 0.0892. The van der Waals surface area contributed by atoms with Crippen LogP contribution in [0.4, 0.5) is 0 Å². The highest BCUT2D eigenvalue weighted by atomic mass is 16.5. The van der Waals surface area contributed by atoms with Crippen LogP contribution in [-0.2, 0) is 11.3 Å². The predicted octanol–water partition coefficient (Wildman–Crippen LogP) is 0.484. The zero-order valence-corrected chi connectivity index (χ0v) is 10.5. The van der Waals surface area contributed by atoms with Gasteiger partial charge in [-0.3, -0.25) is 0 Å². The third kappa shape index (κ3) is 4.05. The minimum Gasteiger partial charge on any atom is -0.378 e. The first-order valence-corrected chi connectivity index (χ1v) is 6.39. The fraction of sp³-hybridized carbons (Fsp3) is 0.909. The molecule has 1 aromatic heterocycles. The van der Waals surface area contributed by atoms with Crippen LogP contribution in [0.3, 0.4) is 0 Å². The molecule has 0 radical (unpaired) electrons. The molecule has 1 aromatic rings. The molecule has 6 heteroatoms. The van der Waals surface area contributed by atoms with Gasteiger partial charge >= 0.3 is 0 Å². The molecule has 0 atom stereocenters. The summed E-state index contributed by atoms with van der Waals surface area (Å²) < 4.78 is 7.37. The van der Waals surface area contributed by atoms with Crippen LogP contribution >= 0.6 is 0 Å². The summed E-state index contributed by atoms with van der Waals surface area (Å²) in [6.45, 7) is 7.63. The topological polar surface area (TPSA) is 56.1 Å². The molecule has 0 unspecified atom stereocenters. The quantitative estimate of drug-likeness (QED) is 0.676. The van der Waals surface area contributed by atoms with Gasteiger partial charge in [-0.1, -0.05) is 6.42 Å². The Balaban J connectivity index is 1.53. The molecule has 17 heavy (non-hydrogen) atoms. The van der Waals surface area contributed by atoms with Gasteiger partial charge in [0.05, 0.1) is 19.8 Å². The van der Waals surface area contributed by atoms with Crippen molar-refractivity contribution in [2.75, 3.05) is 32.8 Å². The molecule has 0 bridgehead atoms. The Bertz CT molecular complexity index is 321. The molecule has 0 saturated carbocycles. The van der Waals surface area contributed by atoms with Gasteiger partial charge in [0.15, 0.2) is 0 Å². The van der Waals surface area contributed by atoms with Crippen molar-refractivity contribution in [2.24, 2.45) is 0 Å². The van der Waals surface area contributed by atoms with Crippen LogP contribution in [0.2, 0.25) is 0 Å². The van der Waals surface area contributed by atoms with Crippen molar-refractivity contribution < 1.29 is 4.74 Å². The van der Waals surface area contributed by atoms with Gasteiger partial charge in [0, 0.05) is 6.54 Å². The molecule has 1 aliphatic rings. The molecule has 6 nitrogen and oxygen atoms in total. The Morgan fingerprint density at radius 1 is 1.12 bits per heavy atom. The monoisotopic (exact) mass is 239 g/mol. The summed E-state index contributed by atoms with van der Waals surface area (Å²) in [6, 6.07) is 0. The number of aryl methyl sites for hydroxylation is 1. The number of piperidine rings is 1. The standard InChI is InChI=1S/C11H21N5O/c1-11-12-13-14-16(11)8-10-17-9-7-15-5-3-2-4-6-15/h2-10H2,1H3. The van der Waals surface area contributed by atoms with Gasteiger partial charge in [-0.25, -0.2) is 4.68 Å². The van der Waals surface area contributed by atoms with Crippen molar-refractivity contribution in [1.29, 1.82) is 0 Å². The Morgan fingerprint density at radius 3 is 2.59 bits per heavy atom. The van der Waals surface area contributed by atoms with E-state index in [1.807, 2.05) is 6.92 Å². The molecule has 1 aliphatic heterocycles. The number of hydrogen-bond acceptors (Lipinski definition) is 5. The van der Waals surface area contributed by atoms with Crippen molar-refractivity contribution in [2.45, 2.75) is 32.7 Å². The normalized spacial score (nSPS) is 17.5. The van der Waals surface area contributed by atoms with Gasteiger partial charge in [-0.05, 0) is 43.3 Å². The Morgan fingerprint density at radius 2 is 1.88 bits per heavy atom. The predicted molar refractivity (Wildman–Crippen MR) is 63.7 cm³/mol. The Hall–Kier alpha value is -1.01. The first kappa shape index (κ1) is 12.4. The van der Waals surface area contributed by atoms with Crippen molar-refractivity contribution >= 4 is 0 Å². The average molecular weight is 239 g/mol. The van der Waals surface area contributed by atoms with Crippen LogP contribution in [0.5, 0.6) is 0 Å². The van der Waals surface area contributed by atoms with Crippen LogP contribution in [-0.4, -0.2) is 58.0 Å². The highest BCUT2D eigenvalue weighted by molar-refractivity contribution is 4.72. The fourth-order valence-electron chi connectivity index (χ4n) is 2.09. The number of aromatic nitrogens is 4. The largest absolute Gasteiger partial charge is 0.378 e. The van der Waals surface area contributed by atoms with Crippen molar-refractivity contribution in [3.8, 4) is 0 Å². The molecule has 0 aromatic carbocycles. The summed E-state index contributed by atoms with van der Waals surface area (Å²) in [5, 5.41) is 11.3. The molecule has 2 heterocycles. The number of hydrogen-bond donors (Lipinski definition) is 0. The number of likely N-dealkylation sites (tertiary alicyclic amines) is 1. The lowest BCUT2D eigenvalue weighted by Gasteiger charge is -2.26. The summed E-state index contributed by atoms with van der Waals surface area (Å²) in [5.41, 5.74) is 0. The second-order valence-electron chi connectivity index (χ2n) is 4.46. The van der Waals surface area contributed by atoms with Gasteiger partial charge in [-0.2, -0.15) is 0 Å². The van der Waals surface area contributed by atoms with Gasteiger partial charge in [0.25, 0.3) is 0 Å². The molecule has 0 amide bonds. The molecule has 0 aliphatic carbocycles. The van der Waals surface area contributed by atoms with E-state index in [1.54, 1.807) is 4.68 Å². The third-order valence-electron chi connectivity index (χ3n) is 3.16. The average Bonchev–Trinajstić information content (AvgIpc) is 2.76. The van der Waals surface area contributed by atoms with Crippen LogP contribution in [0.1, 0.15) is 25.1 Å². The van der Waals surface area contributed by atoms with Gasteiger partial charge < -0.3 is 9.64 Å². The summed E-state index contributed by atoms with van der Waals surface area (Å²) >= 11 is 0. The maximum atomic E-state index is 5.61. The number of rotatable bonds is 6. The Labute approximate surface area is 102 Å².